The maximum absolute atomic E-state index is 13.5. The van der Waals surface area contributed by atoms with Crippen molar-refractivity contribution in [1.29, 1.82) is 0 Å². The van der Waals surface area contributed by atoms with E-state index in [1.165, 1.54) is 12.8 Å². The fourth-order valence-corrected chi connectivity index (χ4v) is 9.63. The molecular formula is C64H78N4O11. The number of carboxylic acids is 1. The van der Waals surface area contributed by atoms with Gasteiger partial charge in [-0.3, -0.25) is 29.1 Å². The average molecular weight is 1080 g/mol. The van der Waals surface area contributed by atoms with Crippen LogP contribution in [-0.2, 0) is 59.4 Å². The summed E-state index contributed by atoms with van der Waals surface area (Å²) in [7, 11) is 0. The third kappa shape index (κ3) is 20.3. The van der Waals surface area contributed by atoms with Crippen LogP contribution in [0.3, 0.4) is 0 Å². The van der Waals surface area contributed by atoms with E-state index in [0.29, 0.717) is 0 Å². The molecule has 0 aliphatic heterocycles. The highest BCUT2D eigenvalue weighted by Crippen LogP contribution is 2.28. The SMILES string of the molecule is CC(C)(C)OC(=O)NCC(C(=O)Cc1ccc2cnccc2c1)c1ccc(CO)cc1.CC(C)(C)OC(=O)NCC(C(=O)Cc1ccc2cnccc2c1)c1ccc(COC(=O)C2CCCCC2)cc1.O=C(O)C1CCCCC1. The number of aliphatic hydroxyl groups excluding tert-OH is 1. The minimum Gasteiger partial charge on any atom is -0.481 e. The van der Waals surface area contributed by atoms with E-state index in [0.717, 1.165) is 106 Å². The Morgan fingerprint density at radius 3 is 1.33 bits per heavy atom. The lowest BCUT2D eigenvalue weighted by Gasteiger charge is -2.22. The van der Waals surface area contributed by atoms with Gasteiger partial charge in [0.15, 0.2) is 0 Å². The van der Waals surface area contributed by atoms with Gasteiger partial charge < -0.3 is 35.1 Å². The Morgan fingerprint density at radius 1 is 0.532 bits per heavy atom. The fraction of sp³-hybridized carbons (Fsp3) is 0.438. The predicted octanol–water partition coefficient (Wildman–Crippen LogP) is 12.1. The van der Waals surface area contributed by atoms with Crippen LogP contribution in [0.2, 0.25) is 0 Å². The Morgan fingerprint density at radius 2 is 0.937 bits per heavy atom. The average Bonchev–Trinajstić information content (AvgIpc) is 3.43. The van der Waals surface area contributed by atoms with Gasteiger partial charge in [-0.25, -0.2) is 9.59 Å². The van der Waals surface area contributed by atoms with Gasteiger partial charge in [0, 0.05) is 61.5 Å². The van der Waals surface area contributed by atoms with Crippen molar-refractivity contribution >= 4 is 57.2 Å². The van der Waals surface area contributed by atoms with Crippen LogP contribution in [0.5, 0.6) is 0 Å². The number of Topliss-reactive ketones (excluding diaryl/α,β-unsaturated/α-hetero) is 2. The molecule has 2 heterocycles. The van der Waals surface area contributed by atoms with Crippen molar-refractivity contribution < 1.29 is 53.2 Å². The first-order valence-electron chi connectivity index (χ1n) is 27.6. The fourth-order valence-electron chi connectivity index (χ4n) is 9.63. The number of nitrogens with zero attached hydrogens (tertiary/aromatic N) is 2. The van der Waals surface area contributed by atoms with Gasteiger partial charge in [0.25, 0.3) is 0 Å². The molecule has 79 heavy (non-hydrogen) atoms. The third-order valence-electron chi connectivity index (χ3n) is 13.9. The molecule has 2 atom stereocenters. The molecule has 2 amide bonds. The Bertz CT molecular complexity index is 2970. The molecule has 2 saturated carbocycles. The summed E-state index contributed by atoms with van der Waals surface area (Å²) < 4.78 is 16.3. The number of rotatable bonds is 17. The van der Waals surface area contributed by atoms with Crippen molar-refractivity contribution in [2.75, 3.05) is 13.1 Å². The number of fused-ring (bicyclic) bond motifs is 2. The number of hydrogen-bond donors (Lipinski definition) is 4. The van der Waals surface area contributed by atoms with Crippen LogP contribution in [0.15, 0.2) is 122 Å². The molecule has 2 fully saturated rings. The summed E-state index contributed by atoms with van der Waals surface area (Å²) in [6.07, 6.45) is 16.8. The zero-order valence-corrected chi connectivity index (χ0v) is 46.6. The molecule has 4 aromatic carbocycles. The molecule has 0 radical (unpaired) electrons. The van der Waals surface area contributed by atoms with Crippen LogP contribution in [0.4, 0.5) is 9.59 Å². The first-order chi connectivity index (χ1) is 37.7. The van der Waals surface area contributed by atoms with Gasteiger partial charge in [-0.2, -0.15) is 0 Å². The molecule has 2 aliphatic carbocycles. The van der Waals surface area contributed by atoms with E-state index in [1.54, 1.807) is 78.5 Å². The molecule has 2 aromatic heterocycles. The minimum atomic E-state index is -0.639. The summed E-state index contributed by atoms with van der Waals surface area (Å²) in [6, 6.07) is 30.3. The summed E-state index contributed by atoms with van der Waals surface area (Å²) in [4.78, 5) is 82.3. The van der Waals surface area contributed by atoms with E-state index >= 15 is 0 Å². The number of ether oxygens (including phenoxy) is 3. The highest BCUT2D eigenvalue weighted by atomic mass is 16.6. The van der Waals surface area contributed by atoms with Crippen LogP contribution < -0.4 is 10.6 Å². The number of amides is 2. The summed E-state index contributed by atoms with van der Waals surface area (Å²) in [5, 5.41) is 27.4. The predicted molar refractivity (Wildman–Crippen MR) is 304 cm³/mol. The molecule has 0 bridgehead atoms. The lowest BCUT2D eigenvalue weighted by molar-refractivity contribution is -0.151. The molecular weight excluding hydrogens is 1000 g/mol. The minimum absolute atomic E-state index is 0.00493. The lowest BCUT2D eigenvalue weighted by atomic mass is 9.89. The highest BCUT2D eigenvalue weighted by Gasteiger charge is 2.27. The van der Waals surface area contributed by atoms with E-state index in [2.05, 4.69) is 20.6 Å². The smallest absolute Gasteiger partial charge is 0.407 e. The zero-order valence-electron chi connectivity index (χ0n) is 46.6. The number of benzene rings is 4. The number of aliphatic hydroxyl groups is 1. The van der Waals surface area contributed by atoms with E-state index in [-0.39, 0.29) is 68.5 Å². The van der Waals surface area contributed by atoms with Gasteiger partial charge in [0.2, 0.25) is 0 Å². The number of aliphatic carboxylic acids is 1. The zero-order chi connectivity index (χ0) is 57.0. The van der Waals surface area contributed by atoms with E-state index in [9.17, 15) is 33.9 Å². The Hall–Kier alpha value is -7.52. The van der Waals surface area contributed by atoms with Crippen molar-refractivity contribution in [2.24, 2.45) is 11.8 Å². The van der Waals surface area contributed by atoms with E-state index in [1.807, 2.05) is 84.9 Å². The van der Waals surface area contributed by atoms with E-state index < -0.39 is 41.2 Å². The van der Waals surface area contributed by atoms with Crippen LogP contribution in [-0.4, -0.2) is 80.2 Å². The molecule has 8 rings (SSSR count). The number of carbonyl (C=O) groups is 6. The Kier molecular flexibility index (Phi) is 22.6. The molecule has 2 aliphatic rings. The van der Waals surface area contributed by atoms with Crippen LogP contribution in [0, 0.1) is 11.8 Å². The maximum Gasteiger partial charge on any atom is 0.407 e. The number of carboxylic acid groups (broad SMARTS) is 1. The Balaban J connectivity index is 0.000000224. The third-order valence-corrected chi connectivity index (χ3v) is 13.9. The van der Waals surface area contributed by atoms with Gasteiger partial charge in [0.05, 0.1) is 30.3 Å². The monoisotopic (exact) mass is 1080 g/mol. The standard InChI is InChI=1S/C32H38N2O5.C25H28N2O4.C7H12O2/c1-32(2,3)39-31(37)34-20-28(29(35)18-23-11-14-27-19-33-16-15-26(27)17-23)24-12-9-22(10-13-24)21-38-30(36)25-7-5-4-6-8-25;1-25(2,3)31-24(30)27-15-22(19-7-4-17(16-28)5-8-19)23(29)13-18-6-9-21-14-26-11-10-20(21)12-18;8-7(9)6-4-2-1-3-5-6/h9-17,19,25,28H,4-8,18,20-21H2,1-3H3,(H,34,37);4-12,14,22,28H,13,15-16H2,1-3H3,(H,27,30);6H,1-5H2,(H,8,9). The van der Waals surface area contributed by atoms with E-state index in [4.69, 9.17) is 19.3 Å². The molecule has 0 spiro atoms. The molecule has 15 nitrogen and oxygen atoms in total. The van der Waals surface area contributed by atoms with Gasteiger partial charge in [-0.1, -0.05) is 123 Å². The summed E-state index contributed by atoms with van der Waals surface area (Å²) in [5.41, 5.74) is 3.72. The summed E-state index contributed by atoms with van der Waals surface area (Å²) in [5.74, 6) is -1.88. The normalized spacial score (nSPS) is 14.7. The van der Waals surface area contributed by atoms with Gasteiger partial charge >= 0.3 is 24.1 Å². The van der Waals surface area contributed by atoms with Crippen molar-refractivity contribution in [3.05, 3.63) is 155 Å². The number of ketones is 2. The molecule has 420 valence electrons. The van der Waals surface area contributed by atoms with Crippen molar-refractivity contribution in [1.82, 2.24) is 20.6 Å². The number of hydrogen-bond acceptors (Lipinski definition) is 12. The molecule has 2 unspecified atom stereocenters. The summed E-state index contributed by atoms with van der Waals surface area (Å²) in [6.45, 7) is 11.1. The van der Waals surface area contributed by atoms with Crippen molar-refractivity contribution in [3.63, 3.8) is 0 Å². The second-order valence-corrected chi connectivity index (χ2v) is 22.5. The first-order valence-corrected chi connectivity index (χ1v) is 27.6. The van der Waals surface area contributed by atoms with Gasteiger partial charge in [-0.05, 0) is 124 Å². The second-order valence-electron chi connectivity index (χ2n) is 22.5. The largest absolute Gasteiger partial charge is 0.481 e. The van der Waals surface area contributed by atoms with Gasteiger partial charge in [0.1, 0.15) is 29.4 Å². The van der Waals surface area contributed by atoms with Crippen LogP contribution >= 0.6 is 0 Å². The number of carbonyl (C=O) groups excluding carboxylic acids is 5. The molecule has 6 aromatic rings. The second kappa shape index (κ2) is 29.5. The van der Waals surface area contributed by atoms with Gasteiger partial charge in [-0.15, -0.1) is 0 Å². The molecule has 4 N–H and O–H groups in total. The number of pyridine rings is 2. The Labute approximate surface area is 464 Å². The molecule has 15 heteroatoms. The first kappa shape index (κ1) is 60.7. The topological polar surface area (TPSA) is 220 Å². The highest BCUT2D eigenvalue weighted by molar-refractivity contribution is 5.91. The number of alkyl carbamates (subject to hydrolysis) is 2. The van der Waals surface area contributed by atoms with Crippen LogP contribution in [0.25, 0.3) is 21.5 Å². The maximum atomic E-state index is 13.5. The van der Waals surface area contributed by atoms with Crippen molar-refractivity contribution in [3.8, 4) is 0 Å². The lowest BCUT2D eigenvalue weighted by Crippen LogP contribution is -2.36. The molecule has 0 saturated heterocycles. The summed E-state index contributed by atoms with van der Waals surface area (Å²) >= 11 is 0. The number of aromatic nitrogens is 2. The van der Waals surface area contributed by atoms with Crippen LogP contribution in [0.1, 0.15) is 151 Å². The quantitative estimate of drug-likeness (QED) is 0.0494. The number of nitrogens with one attached hydrogen (secondary N) is 2. The van der Waals surface area contributed by atoms with Crippen molar-refractivity contribution in [2.45, 2.75) is 155 Å². The number of esters is 1.